The second kappa shape index (κ2) is 14.2. The number of nitrogens with one attached hydrogen (secondary N) is 2. The van der Waals surface area contributed by atoms with Gasteiger partial charge in [-0.1, -0.05) is 106 Å². The maximum atomic E-state index is 14.1. The molecule has 2 bridgehead atoms. The quantitative estimate of drug-likeness (QED) is 0.178. The highest BCUT2D eigenvalue weighted by Crippen LogP contribution is 2.57. The Balaban J connectivity index is 1.10. The van der Waals surface area contributed by atoms with Gasteiger partial charge in [0.15, 0.2) is 0 Å². The highest BCUT2D eigenvalue weighted by molar-refractivity contribution is 6.01. The van der Waals surface area contributed by atoms with Crippen LogP contribution in [0.1, 0.15) is 92.4 Å². The molecule has 7 heteroatoms. The maximum Gasteiger partial charge on any atom is 0.251 e. The molecular weight excluding hydrogens is 625 g/mol. The van der Waals surface area contributed by atoms with Crippen molar-refractivity contribution in [1.82, 2.24) is 15.5 Å². The lowest BCUT2D eigenvalue weighted by Gasteiger charge is -2.52. The number of carbonyl (C=O) groups is 3. The zero-order valence-corrected chi connectivity index (χ0v) is 29.6. The number of halogens is 1. The molecule has 3 aliphatic rings. The Hall–Kier alpha value is -4.78. The third-order valence-electron chi connectivity index (χ3n) is 11.1. The molecule has 4 aromatic rings. The van der Waals surface area contributed by atoms with Gasteiger partial charge in [0.1, 0.15) is 11.9 Å². The van der Waals surface area contributed by atoms with Crippen LogP contribution in [-0.4, -0.2) is 36.2 Å². The Labute approximate surface area is 295 Å². The van der Waals surface area contributed by atoms with Gasteiger partial charge in [0, 0.05) is 31.1 Å². The predicted molar refractivity (Wildman–Crippen MR) is 196 cm³/mol. The molecule has 6 nitrogen and oxygen atoms in total. The van der Waals surface area contributed by atoms with E-state index in [1.165, 1.54) is 17.7 Å². The number of hydrogen-bond acceptors (Lipinski definition) is 3. The first kappa shape index (κ1) is 35.1. The molecule has 0 heterocycles. The zero-order valence-electron chi connectivity index (χ0n) is 29.6. The van der Waals surface area contributed by atoms with E-state index >= 15 is 0 Å². The monoisotopic (exact) mass is 673 g/mol. The van der Waals surface area contributed by atoms with Gasteiger partial charge in [0.2, 0.25) is 11.8 Å². The van der Waals surface area contributed by atoms with Crippen LogP contribution in [0, 0.1) is 16.6 Å². The van der Waals surface area contributed by atoms with E-state index < -0.39 is 11.5 Å². The van der Waals surface area contributed by atoms with Crippen molar-refractivity contribution >= 4 is 17.7 Å². The Morgan fingerprint density at radius 2 is 1.38 bits per heavy atom. The van der Waals surface area contributed by atoms with Crippen LogP contribution in [0.25, 0.3) is 11.1 Å². The van der Waals surface area contributed by atoms with Gasteiger partial charge in [-0.15, -0.1) is 0 Å². The van der Waals surface area contributed by atoms with E-state index in [1.54, 1.807) is 24.1 Å². The first-order chi connectivity index (χ1) is 23.9. The molecule has 50 heavy (non-hydrogen) atoms. The normalized spacial score (nSPS) is 20.5. The Morgan fingerprint density at radius 1 is 0.780 bits per heavy atom. The summed E-state index contributed by atoms with van der Waals surface area (Å²) in [6.07, 6.45) is 4.66. The van der Waals surface area contributed by atoms with Crippen LogP contribution in [0.3, 0.4) is 0 Å². The van der Waals surface area contributed by atoms with Crippen molar-refractivity contribution in [3.05, 3.63) is 131 Å². The molecule has 260 valence electrons. The molecule has 2 N–H and O–H groups in total. The second-order valence-electron chi connectivity index (χ2n) is 15.5. The lowest BCUT2D eigenvalue weighted by atomic mass is 9.53. The molecule has 0 radical (unpaired) electrons. The van der Waals surface area contributed by atoms with Crippen LogP contribution < -0.4 is 10.6 Å². The van der Waals surface area contributed by atoms with E-state index in [9.17, 15) is 18.8 Å². The van der Waals surface area contributed by atoms with Crippen molar-refractivity contribution in [2.24, 2.45) is 10.8 Å². The number of rotatable bonds is 10. The van der Waals surface area contributed by atoms with Crippen molar-refractivity contribution < 1.29 is 18.8 Å². The summed E-state index contributed by atoms with van der Waals surface area (Å²) in [7, 11) is 1.71. The Kier molecular flexibility index (Phi) is 9.97. The van der Waals surface area contributed by atoms with Crippen LogP contribution in [0.4, 0.5) is 4.39 Å². The molecule has 0 aromatic heterocycles. The smallest absolute Gasteiger partial charge is 0.251 e. The molecule has 0 unspecified atom stereocenters. The predicted octanol–water partition coefficient (Wildman–Crippen LogP) is 8.38. The first-order valence-corrected chi connectivity index (χ1v) is 17.7. The van der Waals surface area contributed by atoms with Crippen LogP contribution >= 0.6 is 0 Å². The molecule has 3 aliphatic carbocycles. The highest BCUT2D eigenvalue weighted by atomic mass is 19.1. The first-order valence-electron chi connectivity index (χ1n) is 17.7. The summed E-state index contributed by atoms with van der Waals surface area (Å²) in [6, 6.07) is 30.8. The van der Waals surface area contributed by atoms with E-state index in [0.717, 1.165) is 41.5 Å². The fourth-order valence-corrected chi connectivity index (χ4v) is 7.69. The maximum absolute atomic E-state index is 14.1. The number of carbonyl (C=O) groups excluding carboxylic acids is 3. The third-order valence-corrected chi connectivity index (χ3v) is 11.1. The largest absolute Gasteiger partial charge is 0.351 e. The van der Waals surface area contributed by atoms with Crippen molar-refractivity contribution in [3.63, 3.8) is 0 Å². The molecule has 0 aliphatic heterocycles. The number of amides is 3. The summed E-state index contributed by atoms with van der Waals surface area (Å²) >= 11 is 0. The number of likely N-dealkylation sites (N-methyl/N-ethyl adjacent to an activating group) is 1. The van der Waals surface area contributed by atoms with Gasteiger partial charge in [-0.05, 0) is 95.4 Å². The Morgan fingerprint density at radius 3 is 2.00 bits per heavy atom. The lowest BCUT2D eigenvalue weighted by molar-refractivity contribution is -0.145. The SMILES string of the molecule is CN(Cc1ccc(F)cc1)C(=O)[C@@H](NC(=O)C12CCC(CNC(=O)c3ccccc3-c3ccc(C(C)(C)C)cc3)(CC1)CC2)c1ccccc1. The van der Waals surface area contributed by atoms with Gasteiger partial charge in [0.25, 0.3) is 5.91 Å². The Bertz CT molecular complexity index is 1810. The topological polar surface area (TPSA) is 78.5 Å². The minimum absolute atomic E-state index is 0.0506. The van der Waals surface area contributed by atoms with Crippen molar-refractivity contribution in [3.8, 4) is 11.1 Å². The van der Waals surface area contributed by atoms with E-state index in [-0.39, 0.29) is 34.4 Å². The standard InChI is InChI=1S/C43H48FN3O3/c1-41(2,3)33-18-16-31(17-19-33)35-12-8-9-13-36(35)38(48)45-29-42-22-25-43(26-23-42,27-24-42)40(50)46-37(32-10-6-5-7-11-32)39(49)47(4)28-30-14-20-34(44)21-15-30/h5-21,37H,22-29H2,1-4H3,(H,45,48)(H,46,50)/t37-,42?,43?/m0/s1. The fraction of sp³-hybridized carbons (Fsp3) is 0.372. The minimum Gasteiger partial charge on any atom is -0.351 e. The molecule has 4 aromatic carbocycles. The van der Waals surface area contributed by atoms with Gasteiger partial charge < -0.3 is 15.5 Å². The molecule has 3 amide bonds. The average molecular weight is 674 g/mol. The summed E-state index contributed by atoms with van der Waals surface area (Å²) in [5.41, 5.74) is 4.83. The van der Waals surface area contributed by atoms with Crippen molar-refractivity contribution in [2.75, 3.05) is 13.6 Å². The second-order valence-corrected chi connectivity index (χ2v) is 15.5. The summed E-state index contributed by atoms with van der Waals surface area (Å²) in [5.74, 6) is -0.715. The van der Waals surface area contributed by atoms with Gasteiger partial charge in [-0.2, -0.15) is 0 Å². The lowest BCUT2D eigenvalue weighted by Crippen LogP contribution is -2.54. The van der Waals surface area contributed by atoms with Gasteiger partial charge in [-0.3, -0.25) is 14.4 Å². The van der Waals surface area contributed by atoms with Crippen LogP contribution in [0.5, 0.6) is 0 Å². The summed E-state index contributed by atoms with van der Waals surface area (Å²) < 4.78 is 13.5. The van der Waals surface area contributed by atoms with E-state index in [4.69, 9.17) is 0 Å². The van der Waals surface area contributed by atoms with Crippen LogP contribution in [0.2, 0.25) is 0 Å². The highest BCUT2D eigenvalue weighted by Gasteiger charge is 2.53. The molecule has 3 fully saturated rings. The molecule has 1 atom stereocenters. The minimum atomic E-state index is -0.832. The summed E-state index contributed by atoms with van der Waals surface area (Å²) in [5, 5.41) is 6.42. The zero-order chi connectivity index (χ0) is 35.5. The number of benzene rings is 4. The molecule has 0 saturated heterocycles. The van der Waals surface area contributed by atoms with Gasteiger partial charge in [0.05, 0.1) is 0 Å². The number of nitrogens with zero attached hydrogens (tertiary/aromatic N) is 1. The summed E-state index contributed by atoms with van der Waals surface area (Å²) in [4.78, 5) is 43.1. The molecule has 7 rings (SSSR count). The van der Waals surface area contributed by atoms with Crippen molar-refractivity contribution in [1.29, 1.82) is 0 Å². The van der Waals surface area contributed by atoms with Crippen LogP contribution in [0.15, 0.2) is 103 Å². The van der Waals surface area contributed by atoms with Gasteiger partial charge in [-0.25, -0.2) is 4.39 Å². The van der Waals surface area contributed by atoms with Crippen LogP contribution in [-0.2, 0) is 21.5 Å². The van der Waals surface area contributed by atoms with Crippen molar-refractivity contribution in [2.45, 2.75) is 77.3 Å². The third kappa shape index (κ3) is 7.52. The number of hydrogen-bond donors (Lipinski definition) is 2. The van der Waals surface area contributed by atoms with E-state index in [0.29, 0.717) is 37.9 Å². The molecule has 3 saturated carbocycles. The molecular formula is C43H48FN3O3. The molecule has 0 spiro atoms. The van der Waals surface area contributed by atoms with E-state index in [2.05, 4.69) is 55.7 Å². The van der Waals surface area contributed by atoms with E-state index in [1.807, 2.05) is 54.6 Å². The van der Waals surface area contributed by atoms with Gasteiger partial charge >= 0.3 is 0 Å². The summed E-state index contributed by atoms with van der Waals surface area (Å²) in [6.45, 7) is 7.44. The number of fused-ring (bicyclic) bond motifs is 3. The average Bonchev–Trinajstić information content (AvgIpc) is 3.14. The fourth-order valence-electron chi connectivity index (χ4n) is 7.69.